The van der Waals surface area contributed by atoms with Crippen LogP contribution in [0.5, 0.6) is 5.88 Å². The molecule has 0 fully saturated rings. The number of carbonyl (C=O) groups excluding carboxylic acids is 2. The van der Waals surface area contributed by atoms with Crippen molar-refractivity contribution in [2.24, 2.45) is 0 Å². The number of esters is 1. The summed E-state index contributed by atoms with van der Waals surface area (Å²) in [4.78, 5) is 23.4. The number of ketones is 1. The summed E-state index contributed by atoms with van der Waals surface area (Å²) in [6.07, 6.45) is -1.31. The first-order chi connectivity index (χ1) is 14.9. The van der Waals surface area contributed by atoms with Gasteiger partial charge in [-0.2, -0.15) is 5.10 Å². The van der Waals surface area contributed by atoms with Crippen LogP contribution < -0.4 is 4.74 Å². The largest absolute Gasteiger partial charge is 0.470 e. The van der Waals surface area contributed by atoms with Gasteiger partial charge in [0, 0.05) is 11.6 Å². The second-order valence-electron chi connectivity index (χ2n) is 6.53. The molecule has 0 spiro atoms. The number of hydrogen-bond donors (Lipinski definition) is 0. The smallest absolute Gasteiger partial charge is 0.313 e. The number of aryl methyl sites for hydroxylation is 1. The van der Waals surface area contributed by atoms with Crippen LogP contribution in [0.2, 0.25) is 0 Å². The van der Waals surface area contributed by atoms with Crippen LogP contribution >= 0.6 is 0 Å². The summed E-state index contributed by atoms with van der Waals surface area (Å²) in [5.74, 6) is -0.952. The molecule has 0 aliphatic carbocycles. The molecular weight excluding hydrogens is 410 g/mol. The Morgan fingerprint density at radius 2 is 1.84 bits per heavy atom. The number of rotatable bonds is 9. The zero-order valence-electron chi connectivity index (χ0n) is 16.9. The Labute approximate surface area is 176 Å². The Bertz CT molecular complexity index is 1050. The average Bonchev–Trinajstić information content (AvgIpc) is 3.13. The number of carbonyl (C=O) groups is 2. The van der Waals surface area contributed by atoms with Gasteiger partial charge in [0.25, 0.3) is 6.43 Å². The Morgan fingerprint density at radius 3 is 2.45 bits per heavy atom. The molecule has 0 saturated heterocycles. The van der Waals surface area contributed by atoms with Gasteiger partial charge < -0.3 is 9.47 Å². The highest BCUT2D eigenvalue weighted by molar-refractivity contribution is 6.04. The van der Waals surface area contributed by atoms with Crippen LogP contribution in [-0.4, -0.2) is 38.3 Å². The molecule has 1 aromatic carbocycles. The quantitative estimate of drug-likeness (QED) is 0.291. The third-order valence-corrected chi connectivity index (χ3v) is 4.36. The van der Waals surface area contributed by atoms with Crippen LogP contribution in [0.4, 0.5) is 8.78 Å². The van der Waals surface area contributed by atoms with E-state index in [-0.39, 0.29) is 30.4 Å². The van der Waals surface area contributed by atoms with E-state index in [4.69, 9.17) is 9.47 Å². The van der Waals surface area contributed by atoms with Crippen molar-refractivity contribution in [1.29, 1.82) is 0 Å². The molecule has 0 aliphatic heterocycles. The molecule has 0 unspecified atom stereocenters. The van der Waals surface area contributed by atoms with Crippen LogP contribution in [0.25, 0.3) is 5.69 Å². The molecule has 2 heterocycles. The number of alkyl halides is 2. The number of nitrogens with zero attached hydrogens (tertiary/aromatic N) is 4. The number of halogens is 2. The fourth-order valence-electron chi connectivity index (χ4n) is 2.74. The molecule has 0 bridgehead atoms. The van der Waals surface area contributed by atoms with Gasteiger partial charge >= 0.3 is 5.97 Å². The van der Waals surface area contributed by atoms with E-state index >= 15 is 0 Å². The minimum Gasteiger partial charge on any atom is -0.470 e. The number of Topliss-reactive ketones (excluding diaryl/α,β-unsaturated/α-hetero) is 1. The lowest BCUT2D eigenvalue weighted by Crippen LogP contribution is -2.13. The fourth-order valence-corrected chi connectivity index (χ4v) is 2.74. The topological polar surface area (TPSA) is 96.2 Å². The van der Waals surface area contributed by atoms with Crippen molar-refractivity contribution in [2.75, 3.05) is 6.61 Å². The molecule has 0 radical (unpaired) electrons. The average molecular weight is 430 g/mol. The van der Waals surface area contributed by atoms with Crippen molar-refractivity contribution < 1.29 is 27.8 Å². The third kappa shape index (κ3) is 5.47. The second-order valence-corrected chi connectivity index (χ2v) is 6.53. The summed E-state index contributed by atoms with van der Waals surface area (Å²) >= 11 is 0. The van der Waals surface area contributed by atoms with Gasteiger partial charge in [0.05, 0.1) is 24.2 Å². The standard InChI is InChI=1S/C21H20F2N4O4/c1-3-30-20(29)10-18(28)16-8-9-19(26-25-16)31-12-17-13(2)11-24-27(17)15-6-4-14(5-7-15)21(22)23/h4-9,11,21H,3,10,12H2,1-2H3. The molecule has 10 heteroatoms. The van der Waals surface area contributed by atoms with E-state index in [0.29, 0.717) is 11.4 Å². The van der Waals surface area contributed by atoms with Crippen molar-refractivity contribution >= 4 is 11.8 Å². The first-order valence-electron chi connectivity index (χ1n) is 9.46. The van der Waals surface area contributed by atoms with Gasteiger partial charge in [0.1, 0.15) is 18.7 Å². The van der Waals surface area contributed by atoms with Gasteiger partial charge in [-0.05, 0) is 37.6 Å². The number of benzene rings is 1. The predicted octanol–water partition coefficient (Wildman–Crippen LogP) is 3.62. The molecular formula is C21H20F2N4O4. The van der Waals surface area contributed by atoms with E-state index in [1.807, 2.05) is 6.92 Å². The van der Waals surface area contributed by atoms with E-state index < -0.39 is 24.6 Å². The molecule has 3 aromatic rings. The summed E-state index contributed by atoms with van der Waals surface area (Å²) in [7, 11) is 0. The Morgan fingerprint density at radius 1 is 1.10 bits per heavy atom. The zero-order valence-corrected chi connectivity index (χ0v) is 16.9. The Balaban J connectivity index is 1.67. The van der Waals surface area contributed by atoms with E-state index in [2.05, 4.69) is 15.3 Å². The van der Waals surface area contributed by atoms with Gasteiger partial charge in [-0.15, -0.1) is 10.2 Å². The number of hydrogen-bond acceptors (Lipinski definition) is 7. The van der Waals surface area contributed by atoms with Crippen molar-refractivity contribution in [3.63, 3.8) is 0 Å². The molecule has 3 rings (SSSR count). The SMILES string of the molecule is CCOC(=O)CC(=O)c1ccc(OCc2c(C)cnn2-c2ccc(C(F)F)cc2)nn1. The van der Waals surface area contributed by atoms with Crippen molar-refractivity contribution in [2.45, 2.75) is 33.3 Å². The molecule has 2 aromatic heterocycles. The molecule has 31 heavy (non-hydrogen) atoms. The summed E-state index contributed by atoms with van der Waals surface area (Å²) in [6.45, 7) is 3.78. The molecule has 162 valence electrons. The molecule has 0 N–H and O–H groups in total. The number of ether oxygens (including phenoxy) is 2. The third-order valence-electron chi connectivity index (χ3n) is 4.36. The molecule has 0 aliphatic rings. The summed E-state index contributed by atoms with van der Waals surface area (Å²) in [5.41, 5.74) is 2.11. The highest BCUT2D eigenvalue weighted by atomic mass is 19.3. The maximum absolute atomic E-state index is 12.8. The van der Waals surface area contributed by atoms with Crippen LogP contribution in [-0.2, 0) is 16.1 Å². The van der Waals surface area contributed by atoms with E-state index in [9.17, 15) is 18.4 Å². The maximum Gasteiger partial charge on any atom is 0.313 e. The Hall–Kier alpha value is -3.69. The van der Waals surface area contributed by atoms with E-state index in [1.165, 1.54) is 24.3 Å². The maximum atomic E-state index is 12.8. The van der Waals surface area contributed by atoms with Crippen LogP contribution in [0.1, 0.15) is 47.1 Å². The van der Waals surface area contributed by atoms with Gasteiger partial charge in [0.15, 0.2) is 5.78 Å². The highest BCUT2D eigenvalue weighted by Crippen LogP contribution is 2.22. The Kier molecular flexibility index (Phi) is 7.01. The summed E-state index contributed by atoms with van der Waals surface area (Å²) in [6, 6.07) is 8.69. The summed E-state index contributed by atoms with van der Waals surface area (Å²) < 4.78 is 37.5. The van der Waals surface area contributed by atoms with Crippen molar-refractivity contribution in [1.82, 2.24) is 20.0 Å². The minimum atomic E-state index is -2.54. The highest BCUT2D eigenvalue weighted by Gasteiger charge is 2.16. The normalized spacial score (nSPS) is 10.9. The predicted molar refractivity (Wildman–Crippen MR) is 105 cm³/mol. The van der Waals surface area contributed by atoms with Gasteiger partial charge in [-0.25, -0.2) is 13.5 Å². The lowest BCUT2D eigenvalue weighted by Gasteiger charge is -2.10. The summed E-state index contributed by atoms with van der Waals surface area (Å²) in [5, 5.41) is 11.9. The van der Waals surface area contributed by atoms with Gasteiger partial charge in [0.2, 0.25) is 5.88 Å². The molecule has 0 amide bonds. The fraction of sp³-hybridized carbons (Fsp3) is 0.286. The van der Waals surface area contributed by atoms with Crippen LogP contribution in [0, 0.1) is 6.92 Å². The van der Waals surface area contributed by atoms with Crippen LogP contribution in [0.3, 0.4) is 0 Å². The van der Waals surface area contributed by atoms with E-state index in [1.54, 1.807) is 29.9 Å². The first-order valence-corrected chi connectivity index (χ1v) is 9.46. The first kappa shape index (κ1) is 22.0. The lowest BCUT2D eigenvalue weighted by atomic mass is 10.2. The number of aromatic nitrogens is 4. The van der Waals surface area contributed by atoms with Crippen LogP contribution in [0.15, 0.2) is 42.6 Å². The second kappa shape index (κ2) is 9.88. The van der Waals surface area contributed by atoms with Gasteiger partial charge in [-0.1, -0.05) is 12.1 Å². The zero-order chi connectivity index (χ0) is 22.4. The molecule has 0 saturated carbocycles. The minimum absolute atomic E-state index is 0.0285. The van der Waals surface area contributed by atoms with Gasteiger partial charge in [-0.3, -0.25) is 9.59 Å². The molecule has 0 atom stereocenters. The lowest BCUT2D eigenvalue weighted by molar-refractivity contribution is -0.141. The van der Waals surface area contributed by atoms with Crippen molar-refractivity contribution in [3.05, 3.63) is 65.1 Å². The van der Waals surface area contributed by atoms with Crippen molar-refractivity contribution in [3.8, 4) is 11.6 Å². The monoisotopic (exact) mass is 430 g/mol. The van der Waals surface area contributed by atoms with E-state index in [0.717, 1.165) is 5.56 Å². The molecule has 8 nitrogen and oxygen atoms in total.